The molecular weight excluding hydrogens is 458 g/mol. The number of tetrazole rings is 1. The molecule has 5 rings (SSSR count). The summed E-state index contributed by atoms with van der Waals surface area (Å²) in [6.07, 6.45) is 1.84. The molecule has 0 amide bonds. The summed E-state index contributed by atoms with van der Waals surface area (Å²) in [4.78, 5) is 31.4. The van der Waals surface area contributed by atoms with Crippen molar-refractivity contribution in [3.05, 3.63) is 74.8 Å². The molecule has 11 nitrogen and oxygen atoms in total. The Morgan fingerprint density at radius 3 is 2.50 bits per heavy atom. The van der Waals surface area contributed by atoms with E-state index in [2.05, 4.69) is 59.6 Å². The van der Waals surface area contributed by atoms with Crippen LogP contribution in [0.5, 0.6) is 0 Å². The van der Waals surface area contributed by atoms with E-state index in [1.807, 2.05) is 48.8 Å². The number of hydrogen-bond acceptors (Lipinski definition) is 9. The summed E-state index contributed by atoms with van der Waals surface area (Å²) in [5, 5.41) is 20.1. The predicted octanol–water partition coefficient (Wildman–Crippen LogP) is 2.51. The van der Waals surface area contributed by atoms with E-state index in [4.69, 9.17) is 0 Å². The Morgan fingerprint density at radius 1 is 1.00 bits per heavy atom. The molecule has 0 aliphatic carbocycles. The molecule has 184 valence electrons. The second-order valence-corrected chi connectivity index (χ2v) is 8.49. The number of likely N-dealkylation sites (N-methyl/N-ethyl adjacent to an activating group) is 1. The molecule has 3 N–H and O–H groups in total. The van der Waals surface area contributed by atoms with E-state index in [0.717, 1.165) is 54.0 Å². The first-order chi connectivity index (χ1) is 17.6. The Bertz CT molecular complexity index is 1530. The largest absolute Gasteiger partial charge is 0.376 e. The summed E-state index contributed by atoms with van der Waals surface area (Å²) in [6.45, 7) is 8.44. The second kappa shape index (κ2) is 10.1. The van der Waals surface area contributed by atoms with Crippen LogP contribution in [0.15, 0.2) is 58.4 Å². The number of nitrogens with one attached hydrogen (secondary N) is 3. The molecule has 0 unspecified atom stereocenters. The van der Waals surface area contributed by atoms with Gasteiger partial charge in [-0.2, -0.15) is 5.21 Å². The third-order valence-electron chi connectivity index (χ3n) is 6.38. The Kier molecular flexibility index (Phi) is 6.54. The van der Waals surface area contributed by atoms with Crippen molar-refractivity contribution < 1.29 is 0 Å². The predicted molar refractivity (Wildman–Crippen MR) is 139 cm³/mol. The lowest BCUT2D eigenvalue weighted by atomic mass is 10.1. The van der Waals surface area contributed by atoms with Gasteiger partial charge in [-0.3, -0.25) is 9.59 Å². The lowest BCUT2D eigenvalue weighted by Crippen LogP contribution is -2.36. The van der Waals surface area contributed by atoms with Crippen LogP contribution >= 0.6 is 0 Å². The highest BCUT2D eigenvalue weighted by Crippen LogP contribution is 2.25. The molecule has 3 aromatic carbocycles. The van der Waals surface area contributed by atoms with Gasteiger partial charge < -0.3 is 20.1 Å². The van der Waals surface area contributed by atoms with E-state index in [9.17, 15) is 9.59 Å². The van der Waals surface area contributed by atoms with Crippen LogP contribution in [-0.4, -0.2) is 54.7 Å². The number of rotatable bonds is 11. The summed E-state index contributed by atoms with van der Waals surface area (Å²) in [7, 11) is 0. The van der Waals surface area contributed by atoms with Crippen molar-refractivity contribution in [2.75, 3.05) is 30.3 Å². The number of aromatic amines is 1. The minimum atomic E-state index is -0.528. The van der Waals surface area contributed by atoms with E-state index < -0.39 is 10.9 Å². The zero-order valence-corrected chi connectivity index (χ0v) is 20.2. The SMILES string of the molecule is CCN(CC)CCn1cnc2ccc(Nc3c(NCc4ccc(-c5nn[nH]n5)cc4)c(=O)c3=O)cc21. The summed E-state index contributed by atoms with van der Waals surface area (Å²) in [5.41, 5.74) is 3.87. The lowest BCUT2D eigenvalue weighted by Gasteiger charge is -2.18. The van der Waals surface area contributed by atoms with Gasteiger partial charge in [-0.25, -0.2) is 4.98 Å². The van der Waals surface area contributed by atoms with Crippen molar-refractivity contribution >= 4 is 28.1 Å². The number of hydrogen-bond donors (Lipinski definition) is 3. The fourth-order valence-electron chi connectivity index (χ4n) is 4.17. The van der Waals surface area contributed by atoms with E-state index in [1.54, 1.807) is 0 Å². The number of anilines is 3. The normalized spacial score (nSPS) is 11.5. The first-order valence-electron chi connectivity index (χ1n) is 11.9. The quantitative estimate of drug-likeness (QED) is 0.241. The number of imidazole rings is 1. The second-order valence-electron chi connectivity index (χ2n) is 8.49. The standard InChI is InChI=1S/C25H27N9O2/c1-3-33(4-2)11-12-34-15-27-19-10-9-18(13-20(19)34)28-22-21(23(35)24(22)36)26-14-16-5-7-17(8-6-16)25-29-31-32-30-25/h5-10,13,15,26,28H,3-4,11-12,14H2,1-2H3,(H,29,30,31,32). The van der Waals surface area contributed by atoms with Crippen molar-refractivity contribution in [2.24, 2.45) is 0 Å². The molecule has 11 heteroatoms. The lowest BCUT2D eigenvalue weighted by molar-refractivity contribution is 0.292. The van der Waals surface area contributed by atoms with Gasteiger partial charge in [0.2, 0.25) is 5.82 Å². The smallest absolute Gasteiger partial charge is 0.253 e. The van der Waals surface area contributed by atoms with Gasteiger partial charge in [-0.1, -0.05) is 38.1 Å². The average Bonchev–Trinajstić information content (AvgIpc) is 3.59. The molecule has 0 bridgehead atoms. The first kappa shape index (κ1) is 23.4. The molecule has 0 saturated carbocycles. The van der Waals surface area contributed by atoms with Crippen LogP contribution in [-0.2, 0) is 13.1 Å². The van der Waals surface area contributed by atoms with Crippen LogP contribution < -0.4 is 21.5 Å². The molecule has 0 spiro atoms. The summed E-state index contributed by atoms with van der Waals surface area (Å²) in [5.74, 6) is 0.509. The maximum absolute atomic E-state index is 12.3. The summed E-state index contributed by atoms with van der Waals surface area (Å²) < 4.78 is 2.11. The molecule has 36 heavy (non-hydrogen) atoms. The minimum absolute atomic E-state index is 0.275. The van der Waals surface area contributed by atoms with Crippen LogP contribution in [0.2, 0.25) is 0 Å². The molecule has 0 fully saturated rings. The first-order valence-corrected chi connectivity index (χ1v) is 11.9. The van der Waals surface area contributed by atoms with Gasteiger partial charge in [0.1, 0.15) is 11.4 Å². The van der Waals surface area contributed by atoms with Crippen LogP contribution in [0, 0.1) is 0 Å². The Labute approximate surface area is 206 Å². The minimum Gasteiger partial charge on any atom is -0.376 e. The Hall–Kier alpha value is -4.38. The van der Waals surface area contributed by atoms with Crippen molar-refractivity contribution in [2.45, 2.75) is 26.9 Å². The molecule has 2 aromatic heterocycles. The third kappa shape index (κ3) is 4.60. The molecule has 0 aliphatic heterocycles. The van der Waals surface area contributed by atoms with Gasteiger partial charge in [0, 0.05) is 30.9 Å². The Balaban J connectivity index is 1.28. The molecule has 0 aliphatic rings. The van der Waals surface area contributed by atoms with Crippen molar-refractivity contribution in [1.82, 2.24) is 35.1 Å². The highest BCUT2D eigenvalue weighted by molar-refractivity contribution is 5.84. The highest BCUT2D eigenvalue weighted by Gasteiger charge is 2.21. The molecule has 0 saturated heterocycles. The van der Waals surface area contributed by atoms with E-state index in [1.165, 1.54) is 0 Å². The van der Waals surface area contributed by atoms with Crippen LogP contribution in [0.3, 0.4) is 0 Å². The van der Waals surface area contributed by atoms with E-state index >= 15 is 0 Å². The molecule has 0 atom stereocenters. The third-order valence-corrected chi connectivity index (χ3v) is 6.38. The summed E-state index contributed by atoms with van der Waals surface area (Å²) in [6, 6.07) is 13.3. The van der Waals surface area contributed by atoms with Gasteiger partial charge in [0.05, 0.1) is 17.4 Å². The van der Waals surface area contributed by atoms with Crippen molar-refractivity contribution in [1.29, 1.82) is 0 Å². The zero-order chi connectivity index (χ0) is 25.1. The van der Waals surface area contributed by atoms with E-state index in [-0.39, 0.29) is 11.4 Å². The number of fused-ring (bicyclic) bond motifs is 1. The maximum atomic E-state index is 12.3. The Morgan fingerprint density at radius 2 is 1.78 bits per heavy atom. The summed E-state index contributed by atoms with van der Waals surface area (Å²) >= 11 is 0. The molecule has 0 radical (unpaired) electrons. The molecule has 5 aromatic rings. The van der Waals surface area contributed by atoms with Crippen LogP contribution in [0.1, 0.15) is 19.4 Å². The fraction of sp³-hybridized carbons (Fsp3) is 0.280. The number of nitrogens with zero attached hydrogens (tertiary/aromatic N) is 6. The topological polar surface area (TPSA) is 134 Å². The van der Waals surface area contributed by atoms with Gasteiger partial charge >= 0.3 is 0 Å². The highest BCUT2D eigenvalue weighted by atomic mass is 16.2. The van der Waals surface area contributed by atoms with E-state index in [0.29, 0.717) is 12.4 Å². The molecule has 2 heterocycles. The fourth-order valence-corrected chi connectivity index (χ4v) is 4.17. The maximum Gasteiger partial charge on any atom is 0.253 e. The van der Waals surface area contributed by atoms with Crippen molar-refractivity contribution in [3.63, 3.8) is 0 Å². The van der Waals surface area contributed by atoms with Gasteiger partial charge in [-0.05, 0) is 42.1 Å². The number of H-pyrrole nitrogens is 1. The molecular formula is C25H27N9O2. The van der Waals surface area contributed by atoms with Crippen molar-refractivity contribution in [3.8, 4) is 11.4 Å². The van der Waals surface area contributed by atoms with Crippen LogP contribution in [0.25, 0.3) is 22.4 Å². The number of aromatic nitrogens is 6. The number of benzene rings is 2. The van der Waals surface area contributed by atoms with Crippen LogP contribution in [0.4, 0.5) is 17.1 Å². The zero-order valence-electron chi connectivity index (χ0n) is 20.2. The van der Waals surface area contributed by atoms with Gasteiger partial charge in [0.25, 0.3) is 10.9 Å². The van der Waals surface area contributed by atoms with Gasteiger partial charge in [0.15, 0.2) is 0 Å². The monoisotopic (exact) mass is 485 g/mol. The average molecular weight is 486 g/mol. The van der Waals surface area contributed by atoms with Gasteiger partial charge in [-0.15, -0.1) is 10.2 Å².